The highest BCUT2D eigenvalue weighted by Crippen LogP contribution is 2.22. The standard InChI is InChI=1S/C28H31N7O3/c1-38-19-25-11-6-14-35(25)33-26(36)13-12-23-18-34(24-9-3-2-4-10-24)28(31-23)32-27(37)21-8-5-7-20(15-21)22-16-29-30-17-22/h2-5,7-10,15-18,25H,6,11-14,19H2,1H3,(H,29,30)(H,33,36)(H,31,32,37)/t25-/m0/s1. The lowest BCUT2D eigenvalue weighted by atomic mass is 10.1. The van der Waals surface area contributed by atoms with E-state index in [1.54, 1.807) is 25.6 Å². The van der Waals surface area contributed by atoms with Crippen LogP contribution in [0.1, 0.15) is 35.3 Å². The number of methoxy groups -OCH3 is 1. The number of anilines is 1. The number of carbonyl (C=O) groups excluding carboxylic acids is 2. The van der Waals surface area contributed by atoms with Gasteiger partial charge < -0.3 is 4.74 Å². The summed E-state index contributed by atoms with van der Waals surface area (Å²) in [5.41, 5.74) is 6.86. The molecule has 5 rings (SSSR count). The number of amides is 2. The van der Waals surface area contributed by atoms with E-state index < -0.39 is 0 Å². The van der Waals surface area contributed by atoms with Gasteiger partial charge in [0.15, 0.2) is 0 Å². The zero-order valence-electron chi connectivity index (χ0n) is 21.3. The summed E-state index contributed by atoms with van der Waals surface area (Å²) in [5.74, 6) is 0.0505. The Morgan fingerprint density at radius 1 is 1.13 bits per heavy atom. The summed E-state index contributed by atoms with van der Waals surface area (Å²) in [6.45, 7) is 1.41. The predicted octanol–water partition coefficient (Wildman–Crippen LogP) is 3.59. The third kappa shape index (κ3) is 5.99. The second kappa shape index (κ2) is 11.8. The fourth-order valence-corrected chi connectivity index (χ4v) is 4.65. The van der Waals surface area contributed by atoms with Crippen molar-refractivity contribution in [2.45, 2.75) is 31.7 Å². The van der Waals surface area contributed by atoms with E-state index in [1.807, 2.05) is 64.3 Å². The van der Waals surface area contributed by atoms with Crippen molar-refractivity contribution in [3.8, 4) is 16.8 Å². The molecule has 1 saturated heterocycles. The molecule has 1 aliphatic heterocycles. The monoisotopic (exact) mass is 513 g/mol. The summed E-state index contributed by atoms with van der Waals surface area (Å²) >= 11 is 0. The first-order chi connectivity index (χ1) is 18.6. The zero-order chi connectivity index (χ0) is 26.3. The molecule has 2 amide bonds. The van der Waals surface area contributed by atoms with Crippen LogP contribution in [0.2, 0.25) is 0 Å². The van der Waals surface area contributed by atoms with Gasteiger partial charge in [0.1, 0.15) is 0 Å². The summed E-state index contributed by atoms with van der Waals surface area (Å²) in [6, 6.07) is 17.2. The van der Waals surface area contributed by atoms with E-state index in [4.69, 9.17) is 4.74 Å². The first-order valence-corrected chi connectivity index (χ1v) is 12.7. The Kier molecular flexibility index (Phi) is 7.91. The molecule has 0 unspecified atom stereocenters. The Balaban J connectivity index is 1.30. The van der Waals surface area contributed by atoms with Gasteiger partial charge in [0.2, 0.25) is 11.9 Å². The number of H-pyrrole nitrogens is 1. The third-order valence-corrected chi connectivity index (χ3v) is 6.58. The number of aromatic nitrogens is 4. The molecule has 2 aromatic heterocycles. The normalized spacial score (nSPS) is 15.4. The number of aryl methyl sites for hydroxylation is 1. The third-order valence-electron chi connectivity index (χ3n) is 6.58. The second-order valence-electron chi connectivity index (χ2n) is 9.26. The van der Waals surface area contributed by atoms with Crippen molar-refractivity contribution in [1.82, 2.24) is 30.2 Å². The van der Waals surface area contributed by atoms with Crippen molar-refractivity contribution in [3.05, 3.63) is 84.4 Å². The molecule has 3 N–H and O–H groups in total. The minimum Gasteiger partial charge on any atom is -0.383 e. The minimum absolute atomic E-state index is 0.0658. The van der Waals surface area contributed by atoms with E-state index in [2.05, 4.69) is 25.9 Å². The van der Waals surface area contributed by atoms with Gasteiger partial charge in [0.05, 0.1) is 24.5 Å². The van der Waals surface area contributed by atoms with Gasteiger partial charge in [-0.1, -0.05) is 30.3 Å². The number of carbonyl (C=O) groups is 2. The van der Waals surface area contributed by atoms with Crippen LogP contribution in [0, 0.1) is 0 Å². The van der Waals surface area contributed by atoms with Gasteiger partial charge in [-0.3, -0.25) is 30.0 Å². The predicted molar refractivity (Wildman–Crippen MR) is 144 cm³/mol. The Labute approximate surface area is 221 Å². The molecular formula is C28H31N7O3. The molecule has 196 valence electrons. The van der Waals surface area contributed by atoms with Gasteiger partial charge >= 0.3 is 0 Å². The number of benzene rings is 2. The Hall–Kier alpha value is -4.28. The zero-order valence-corrected chi connectivity index (χ0v) is 21.3. The fraction of sp³-hybridized carbons (Fsp3) is 0.286. The lowest BCUT2D eigenvalue weighted by Gasteiger charge is -2.24. The summed E-state index contributed by atoms with van der Waals surface area (Å²) in [5, 5.41) is 11.7. The highest BCUT2D eigenvalue weighted by atomic mass is 16.5. The van der Waals surface area contributed by atoms with Crippen LogP contribution in [-0.2, 0) is 16.0 Å². The molecule has 1 atom stereocenters. The number of ether oxygens (including phenoxy) is 1. The first kappa shape index (κ1) is 25.4. The van der Waals surface area contributed by atoms with Gasteiger partial charge in [-0.05, 0) is 42.7 Å². The van der Waals surface area contributed by atoms with Gasteiger partial charge in [-0.2, -0.15) is 5.10 Å². The summed E-state index contributed by atoms with van der Waals surface area (Å²) in [4.78, 5) is 30.6. The first-order valence-electron chi connectivity index (χ1n) is 12.7. The lowest BCUT2D eigenvalue weighted by Crippen LogP contribution is -2.46. The van der Waals surface area contributed by atoms with Crippen molar-refractivity contribution in [2.75, 3.05) is 25.6 Å². The van der Waals surface area contributed by atoms with Crippen molar-refractivity contribution >= 4 is 17.8 Å². The van der Waals surface area contributed by atoms with Crippen molar-refractivity contribution in [3.63, 3.8) is 0 Å². The van der Waals surface area contributed by atoms with Crippen LogP contribution in [-0.4, -0.2) is 62.9 Å². The highest BCUT2D eigenvalue weighted by Gasteiger charge is 2.25. The molecule has 0 aliphatic carbocycles. The van der Waals surface area contributed by atoms with E-state index in [0.717, 1.165) is 36.2 Å². The number of nitrogens with one attached hydrogen (secondary N) is 3. The molecule has 0 spiro atoms. The van der Waals surface area contributed by atoms with E-state index >= 15 is 0 Å². The largest absolute Gasteiger partial charge is 0.383 e. The van der Waals surface area contributed by atoms with Crippen LogP contribution in [0.25, 0.3) is 16.8 Å². The van der Waals surface area contributed by atoms with Crippen LogP contribution in [0.3, 0.4) is 0 Å². The van der Waals surface area contributed by atoms with Crippen LogP contribution >= 0.6 is 0 Å². The summed E-state index contributed by atoms with van der Waals surface area (Å²) in [7, 11) is 1.67. The van der Waals surface area contributed by atoms with E-state index in [-0.39, 0.29) is 24.3 Å². The summed E-state index contributed by atoms with van der Waals surface area (Å²) < 4.78 is 7.10. The molecule has 4 aromatic rings. The van der Waals surface area contributed by atoms with Gasteiger partial charge in [-0.25, -0.2) is 9.99 Å². The topological polar surface area (TPSA) is 117 Å². The molecule has 3 heterocycles. The fourth-order valence-electron chi connectivity index (χ4n) is 4.65. The molecule has 0 radical (unpaired) electrons. The van der Waals surface area contributed by atoms with Crippen molar-refractivity contribution in [2.24, 2.45) is 0 Å². The molecule has 1 aliphatic rings. The number of rotatable bonds is 10. The Bertz CT molecular complexity index is 1370. The highest BCUT2D eigenvalue weighted by molar-refractivity contribution is 6.04. The quantitative estimate of drug-likeness (QED) is 0.298. The number of para-hydroxylation sites is 1. The van der Waals surface area contributed by atoms with Crippen molar-refractivity contribution < 1.29 is 14.3 Å². The molecular weight excluding hydrogens is 482 g/mol. The Morgan fingerprint density at radius 2 is 2.00 bits per heavy atom. The van der Waals surface area contributed by atoms with Crippen LogP contribution in [0.15, 0.2) is 73.2 Å². The molecule has 0 saturated carbocycles. The average Bonchev–Trinajstić information content (AvgIpc) is 3.71. The number of nitrogens with zero attached hydrogens (tertiary/aromatic N) is 4. The number of aromatic amines is 1. The molecule has 38 heavy (non-hydrogen) atoms. The van der Waals surface area contributed by atoms with Crippen LogP contribution < -0.4 is 10.7 Å². The molecule has 1 fully saturated rings. The van der Waals surface area contributed by atoms with Gasteiger partial charge in [0.25, 0.3) is 5.91 Å². The maximum absolute atomic E-state index is 13.2. The molecule has 10 nitrogen and oxygen atoms in total. The average molecular weight is 514 g/mol. The summed E-state index contributed by atoms with van der Waals surface area (Å²) in [6.07, 6.45) is 8.11. The van der Waals surface area contributed by atoms with Crippen molar-refractivity contribution in [1.29, 1.82) is 0 Å². The second-order valence-corrected chi connectivity index (χ2v) is 9.26. The van der Waals surface area contributed by atoms with Gasteiger partial charge in [0, 0.05) is 55.7 Å². The minimum atomic E-state index is -0.277. The van der Waals surface area contributed by atoms with Gasteiger partial charge in [-0.15, -0.1) is 0 Å². The van der Waals surface area contributed by atoms with Crippen LogP contribution in [0.4, 0.5) is 5.95 Å². The number of hydrogen-bond acceptors (Lipinski definition) is 6. The Morgan fingerprint density at radius 3 is 2.79 bits per heavy atom. The maximum Gasteiger partial charge on any atom is 0.258 e. The van der Waals surface area contributed by atoms with E-state index in [9.17, 15) is 9.59 Å². The molecule has 10 heteroatoms. The van der Waals surface area contributed by atoms with E-state index in [1.165, 1.54) is 0 Å². The van der Waals surface area contributed by atoms with Crippen LogP contribution in [0.5, 0.6) is 0 Å². The number of hydrogen-bond donors (Lipinski definition) is 3. The molecule has 2 aromatic carbocycles. The molecule has 0 bridgehead atoms. The number of hydrazine groups is 1. The SMILES string of the molecule is COC[C@@H]1CCCN1NC(=O)CCc1cn(-c2ccccc2)c(NC(=O)c2cccc(-c3cn[nH]c3)c2)n1. The number of imidazole rings is 1. The lowest BCUT2D eigenvalue weighted by molar-refractivity contribution is -0.126. The maximum atomic E-state index is 13.2. The smallest absolute Gasteiger partial charge is 0.258 e. The van der Waals surface area contributed by atoms with E-state index in [0.29, 0.717) is 30.2 Å².